The maximum absolute atomic E-state index is 12.1. The van der Waals surface area contributed by atoms with Gasteiger partial charge in [0.2, 0.25) is 0 Å². The van der Waals surface area contributed by atoms with Crippen LogP contribution in [0.25, 0.3) is 11.3 Å². The zero-order valence-electron chi connectivity index (χ0n) is 20.5. The molecule has 0 bridgehead atoms. The fourth-order valence-electron chi connectivity index (χ4n) is 3.03. The highest BCUT2D eigenvalue weighted by Crippen LogP contribution is 2.27. The number of aryl methyl sites for hydroxylation is 1. The Bertz CT molecular complexity index is 887. The molecule has 0 aliphatic carbocycles. The molecule has 1 aromatic carbocycles. The van der Waals surface area contributed by atoms with E-state index >= 15 is 0 Å². The third-order valence-electron chi connectivity index (χ3n) is 4.80. The van der Waals surface area contributed by atoms with Gasteiger partial charge in [0.15, 0.2) is 0 Å². The topological polar surface area (TPSA) is 65.4 Å². The zero-order valence-corrected chi connectivity index (χ0v) is 23.1. The molecule has 0 fully saturated rings. The third kappa shape index (κ3) is 9.46. The molecule has 1 atom stereocenters. The monoisotopic (exact) mass is 523 g/mol. The van der Waals surface area contributed by atoms with Gasteiger partial charge in [-0.2, -0.15) is 0 Å². The quantitative estimate of drug-likeness (QED) is 0.286. The number of hydrogen-bond acceptors (Lipinski definition) is 4. The molecule has 8 heteroatoms. The van der Waals surface area contributed by atoms with Crippen molar-refractivity contribution in [3.05, 3.63) is 40.8 Å². The smallest absolute Gasteiger partial charge is 0.407 e. The molecule has 178 valence electrons. The van der Waals surface area contributed by atoms with E-state index in [4.69, 9.17) is 14.5 Å². The van der Waals surface area contributed by atoms with Gasteiger partial charge in [-0.15, -0.1) is 0 Å². The predicted octanol–water partition coefficient (Wildman–Crippen LogP) is 6.47. The second kappa shape index (κ2) is 11.5. The van der Waals surface area contributed by atoms with E-state index in [1.54, 1.807) is 0 Å². The summed E-state index contributed by atoms with van der Waals surface area (Å²) in [5.41, 5.74) is 1.45. The van der Waals surface area contributed by atoms with Crippen molar-refractivity contribution < 1.29 is 14.3 Å². The number of rotatable bonds is 10. The molecule has 32 heavy (non-hydrogen) atoms. The number of benzene rings is 1. The normalized spacial score (nSPS) is 13.1. The SMILES string of the molecule is CC(CCc1nc(-c2ccccc2Br)cn1COCC[Si](C)(C)C)NC(=O)OC(C)(C)C. The lowest BCUT2D eigenvalue weighted by molar-refractivity contribution is 0.0505. The van der Waals surface area contributed by atoms with Gasteiger partial charge in [-0.05, 0) is 46.2 Å². The molecule has 1 aromatic heterocycles. The summed E-state index contributed by atoms with van der Waals surface area (Å²) < 4.78 is 14.5. The minimum atomic E-state index is -1.14. The number of nitrogens with zero attached hydrogens (tertiary/aromatic N) is 2. The number of amides is 1. The molecule has 0 aliphatic heterocycles. The van der Waals surface area contributed by atoms with E-state index in [0.717, 1.165) is 47.0 Å². The summed E-state index contributed by atoms with van der Waals surface area (Å²) in [5.74, 6) is 0.946. The van der Waals surface area contributed by atoms with E-state index in [-0.39, 0.29) is 6.04 Å². The van der Waals surface area contributed by atoms with Crippen molar-refractivity contribution in [2.75, 3.05) is 6.61 Å². The summed E-state index contributed by atoms with van der Waals surface area (Å²) >= 11 is 3.63. The lowest BCUT2D eigenvalue weighted by Gasteiger charge is -2.22. The number of ether oxygens (including phenoxy) is 2. The highest BCUT2D eigenvalue weighted by atomic mass is 79.9. The Kier molecular flexibility index (Phi) is 9.54. The molecular formula is C24H38BrN3O3Si. The Morgan fingerprint density at radius 3 is 2.56 bits per heavy atom. The van der Waals surface area contributed by atoms with Crippen molar-refractivity contribution in [2.45, 2.75) is 84.6 Å². The van der Waals surface area contributed by atoms with Gasteiger partial charge in [-0.25, -0.2) is 9.78 Å². The van der Waals surface area contributed by atoms with Crippen LogP contribution < -0.4 is 5.32 Å². The summed E-state index contributed by atoms with van der Waals surface area (Å²) in [4.78, 5) is 17.0. The Labute approximate surface area is 202 Å². The number of imidazole rings is 1. The molecule has 2 aromatic rings. The molecule has 1 unspecified atom stereocenters. The van der Waals surface area contributed by atoms with Gasteiger partial charge in [0, 0.05) is 43.4 Å². The van der Waals surface area contributed by atoms with Crippen LogP contribution in [0.4, 0.5) is 4.79 Å². The predicted molar refractivity (Wildman–Crippen MR) is 137 cm³/mol. The van der Waals surface area contributed by atoms with E-state index in [2.05, 4.69) is 57.7 Å². The van der Waals surface area contributed by atoms with Gasteiger partial charge in [-0.1, -0.05) is 53.8 Å². The van der Waals surface area contributed by atoms with Gasteiger partial charge in [0.1, 0.15) is 18.2 Å². The summed E-state index contributed by atoms with van der Waals surface area (Å²) in [6, 6.07) is 9.18. The molecule has 1 heterocycles. The van der Waals surface area contributed by atoms with Crippen LogP contribution in [-0.4, -0.2) is 42.0 Å². The molecule has 2 rings (SSSR count). The number of hydrogen-bond donors (Lipinski definition) is 1. The van der Waals surface area contributed by atoms with Crippen LogP contribution in [0.15, 0.2) is 34.9 Å². The fourth-order valence-corrected chi connectivity index (χ4v) is 4.28. The first-order valence-electron chi connectivity index (χ1n) is 11.2. The Morgan fingerprint density at radius 2 is 1.94 bits per heavy atom. The summed E-state index contributed by atoms with van der Waals surface area (Å²) in [6.07, 6.45) is 3.13. The number of halogens is 1. The second-order valence-electron chi connectivity index (χ2n) is 10.4. The summed E-state index contributed by atoms with van der Waals surface area (Å²) in [7, 11) is -1.14. The first-order chi connectivity index (χ1) is 14.8. The van der Waals surface area contributed by atoms with E-state index in [1.165, 1.54) is 0 Å². The number of carbonyl (C=O) groups is 1. The van der Waals surface area contributed by atoms with Crippen molar-refractivity contribution in [1.82, 2.24) is 14.9 Å². The van der Waals surface area contributed by atoms with Crippen LogP contribution in [-0.2, 0) is 22.6 Å². The first kappa shape index (κ1) is 26.6. The largest absolute Gasteiger partial charge is 0.444 e. The molecule has 1 N–H and O–H groups in total. The van der Waals surface area contributed by atoms with Crippen LogP contribution in [0, 0.1) is 0 Å². The minimum Gasteiger partial charge on any atom is -0.444 e. The van der Waals surface area contributed by atoms with Gasteiger partial charge >= 0.3 is 6.09 Å². The lowest BCUT2D eigenvalue weighted by Crippen LogP contribution is -2.38. The van der Waals surface area contributed by atoms with E-state index in [0.29, 0.717) is 6.73 Å². The van der Waals surface area contributed by atoms with Crippen LogP contribution >= 0.6 is 15.9 Å². The van der Waals surface area contributed by atoms with Crippen molar-refractivity contribution >= 4 is 30.1 Å². The highest BCUT2D eigenvalue weighted by molar-refractivity contribution is 9.10. The van der Waals surface area contributed by atoms with Gasteiger partial charge in [0.05, 0.1) is 5.69 Å². The minimum absolute atomic E-state index is 0.0327. The number of alkyl carbamates (subject to hydrolysis) is 1. The van der Waals surface area contributed by atoms with Crippen molar-refractivity contribution in [2.24, 2.45) is 0 Å². The number of aromatic nitrogens is 2. The first-order valence-corrected chi connectivity index (χ1v) is 15.7. The average molecular weight is 525 g/mol. The molecular weight excluding hydrogens is 486 g/mol. The molecule has 0 saturated carbocycles. The molecule has 1 amide bonds. The molecule has 0 aliphatic rings. The van der Waals surface area contributed by atoms with Crippen molar-refractivity contribution in [3.63, 3.8) is 0 Å². The zero-order chi connectivity index (χ0) is 23.9. The van der Waals surface area contributed by atoms with Crippen molar-refractivity contribution in [1.29, 1.82) is 0 Å². The van der Waals surface area contributed by atoms with Gasteiger partial charge < -0.3 is 19.4 Å². The van der Waals surface area contributed by atoms with E-state index in [9.17, 15) is 4.79 Å². The van der Waals surface area contributed by atoms with Crippen LogP contribution in [0.3, 0.4) is 0 Å². The van der Waals surface area contributed by atoms with Crippen LogP contribution in [0.1, 0.15) is 39.9 Å². The average Bonchev–Trinajstić information content (AvgIpc) is 3.04. The Morgan fingerprint density at radius 1 is 1.25 bits per heavy atom. The lowest BCUT2D eigenvalue weighted by atomic mass is 10.1. The van der Waals surface area contributed by atoms with Crippen LogP contribution in [0.2, 0.25) is 25.7 Å². The van der Waals surface area contributed by atoms with Gasteiger partial charge in [0.25, 0.3) is 0 Å². The van der Waals surface area contributed by atoms with Gasteiger partial charge in [-0.3, -0.25) is 0 Å². The Hall–Kier alpha value is -1.64. The molecule has 6 nitrogen and oxygen atoms in total. The van der Waals surface area contributed by atoms with Crippen LogP contribution in [0.5, 0.6) is 0 Å². The maximum atomic E-state index is 12.1. The highest BCUT2D eigenvalue weighted by Gasteiger charge is 2.19. The van der Waals surface area contributed by atoms with E-state index in [1.807, 2.05) is 45.9 Å². The second-order valence-corrected chi connectivity index (χ2v) is 16.9. The Balaban J connectivity index is 2.07. The third-order valence-corrected chi connectivity index (χ3v) is 7.20. The molecule has 0 spiro atoms. The fraction of sp³-hybridized carbons (Fsp3) is 0.583. The summed E-state index contributed by atoms with van der Waals surface area (Å²) in [6.45, 7) is 15.9. The van der Waals surface area contributed by atoms with E-state index < -0.39 is 19.8 Å². The summed E-state index contributed by atoms with van der Waals surface area (Å²) in [5, 5.41) is 2.91. The number of carbonyl (C=O) groups excluding carboxylic acids is 1. The number of nitrogens with one attached hydrogen (secondary N) is 1. The molecule has 0 saturated heterocycles. The maximum Gasteiger partial charge on any atom is 0.407 e. The van der Waals surface area contributed by atoms with Crippen molar-refractivity contribution in [3.8, 4) is 11.3 Å². The standard InChI is InChI=1S/C24H38BrN3O3Si/c1-18(26-23(29)31-24(2,3)4)12-13-22-27-21(19-10-8-9-11-20(19)25)16-28(22)17-30-14-15-32(5,6)7/h8-11,16,18H,12-15,17H2,1-7H3,(H,26,29). The molecule has 0 radical (unpaired) electrons.